The summed E-state index contributed by atoms with van der Waals surface area (Å²) in [6.45, 7) is 2.36. The van der Waals surface area contributed by atoms with Gasteiger partial charge in [0.2, 0.25) is 17.7 Å². The average molecular weight is 438 g/mol. The first-order valence-electron chi connectivity index (χ1n) is 10.7. The average Bonchev–Trinajstić information content (AvgIpc) is 3.33. The van der Waals surface area contributed by atoms with Crippen LogP contribution >= 0.6 is 0 Å². The van der Waals surface area contributed by atoms with Crippen molar-refractivity contribution in [3.63, 3.8) is 0 Å². The highest BCUT2D eigenvalue weighted by Crippen LogP contribution is 2.27. The molecule has 0 fully saturated rings. The van der Waals surface area contributed by atoms with Gasteiger partial charge in [0.25, 0.3) is 5.91 Å². The molecule has 0 saturated carbocycles. The van der Waals surface area contributed by atoms with Gasteiger partial charge in [-0.3, -0.25) is 9.59 Å². The summed E-state index contributed by atoms with van der Waals surface area (Å²) >= 11 is 0. The molecule has 0 spiro atoms. The van der Waals surface area contributed by atoms with E-state index in [4.69, 9.17) is 10.2 Å². The quantitative estimate of drug-likeness (QED) is 0.523. The van der Waals surface area contributed by atoms with Crippen LogP contribution in [-0.4, -0.2) is 33.0 Å². The molecule has 0 unspecified atom stereocenters. The maximum atomic E-state index is 13.3. The van der Waals surface area contributed by atoms with Crippen molar-refractivity contribution in [2.45, 2.75) is 25.9 Å². The minimum absolute atomic E-state index is 0.245. The molecule has 0 saturated heterocycles. The van der Waals surface area contributed by atoms with E-state index in [0.29, 0.717) is 35.9 Å². The van der Waals surface area contributed by atoms with E-state index in [2.05, 4.69) is 10.2 Å². The Morgan fingerprint density at radius 1 is 0.879 bits per heavy atom. The summed E-state index contributed by atoms with van der Waals surface area (Å²) in [6.07, 6.45) is 0.416. The Labute approximate surface area is 190 Å². The van der Waals surface area contributed by atoms with Gasteiger partial charge < -0.3 is 15.1 Å². The molecule has 1 aliphatic rings. The smallest absolute Gasteiger partial charge is 0.254 e. The van der Waals surface area contributed by atoms with Crippen molar-refractivity contribution in [1.82, 2.24) is 15.1 Å². The van der Waals surface area contributed by atoms with E-state index in [-0.39, 0.29) is 5.91 Å². The van der Waals surface area contributed by atoms with Gasteiger partial charge in [0.15, 0.2) is 0 Å². The summed E-state index contributed by atoms with van der Waals surface area (Å²) in [5, 5.41) is 8.27. The van der Waals surface area contributed by atoms with Gasteiger partial charge in [-0.25, -0.2) is 0 Å². The van der Waals surface area contributed by atoms with Crippen LogP contribution in [0.5, 0.6) is 0 Å². The molecule has 1 aromatic heterocycles. The largest absolute Gasteiger partial charge is 0.416 e. The van der Waals surface area contributed by atoms with E-state index in [0.717, 1.165) is 22.3 Å². The number of carbonyl (C=O) groups is 2. The summed E-state index contributed by atoms with van der Waals surface area (Å²) < 4.78 is 5.82. The summed E-state index contributed by atoms with van der Waals surface area (Å²) in [4.78, 5) is 26.9. The number of hydrogen-bond donors (Lipinski definition) is 1. The van der Waals surface area contributed by atoms with Crippen LogP contribution in [-0.2, 0) is 17.8 Å². The van der Waals surface area contributed by atoms with Crippen molar-refractivity contribution in [1.29, 1.82) is 0 Å². The molecule has 0 aliphatic carbocycles. The van der Waals surface area contributed by atoms with E-state index in [1.807, 2.05) is 55.5 Å². The van der Waals surface area contributed by atoms with Gasteiger partial charge in [0.1, 0.15) is 6.04 Å². The van der Waals surface area contributed by atoms with E-state index in [9.17, 15) is 9.59 Å². The predicted octanol–water partition coefficient (Wildman–Crippen LogP) is 3.76. The second-order valence-electron chi connectivity index (χ2n) is 8.18. The molecule has 7 heteroatoms. The van der Waals surface area contributed by atoms with Crippen molar-refractivity contribution in [3.8, 4) is 22.9 Å². The Morgan fingerprint density at radius 3 is 2.06 bits per heavy atom. The third-order valence-corrected chi connectivity index (χ3v) is 5.94. The minimum Gasteiger partial charge on any atom is -0.416 e. The number of nitrogens with two attached hydrogens (primary N) is 1. The molecular formula is C26H22N4O3. The van der Waals surface area contributed by atoms with Crippen LogP contribution < -0.4 is 5.73 Å². The van der Waals surface area contributed by atoms with Crippen LogP contribution in [0.4, 0.5) is 0 Å². The Bertz CT molecular complexity index is 1330. The highest BCUT2D eigenvalue weighted by Gasteiger charge is 2.33. The molecule has 1 atom stereocenters. The lowest BCUT2D eigenvalue weighted by molar-refractivity contribution is -0.122. The lowest BCUT2D eigenvalue weighted by atomic mass is 9.93. The lowest BCUT2D eigenvalue weighted by Crippen LogP contribution is -2.51. The van der Waals surface area contributed by atoms with Gasteiger partial charge in [-0.05, 0) is 54.4 Å². The number of hydrogen-bond acceptors (Lipinski definition) is 5. The fourth-order valence-electron chi connectivity index (χ4n) is 4.06. The summed E-state index contributed by atoms with van der Waals surface area (Å²) in [7, 11) is 0. The molecule has 2 amide bonds. The minimum atomic E-state index is -0.680. The lowest BCUT2D eigenvalue weighted by Gasteiger charge is -2.35. The maximum Gasteiger partial charge on any atom is 0.254 e. The number of nitrogens with zero attached hydrogens (tertiary/aromatic N) is 3. The highest BCUT2D eigenvalue weighted by atomic mass is 16.4. The number of rotatable bonds is 4. The summed E-state index contributed by atoms with van der Waals surface area (Å²) in [5.74, 6) is 0.0441. The number of fused-ring (bicyclic) bond motifs is 1. The Hall–Kier alpha value is -4.26. The van der Waals surface area contributed by atoms with Crippen LogP contribution in [0, 0.1) is 6.92 Å². The zero-order valence-electron chi connectivity index (χ0n) is 18.1. The third-order valence-electron chi connectivity index (χ3n) is 5.94. The van der Waals surface area contributed by atoms with E-state index < -0.39 is 11.9 Å². The van der Waals surface area contributed by atoms with Crippen molar-refractivity contribution >= 4 is 11.8 Å². The number of carbonyl (C=O) groups excluding carboxylic acids is 2. The number of amides is 2. The maximum absolute atomic E-state index is 13.3. The fraction of sp³-hybridized carbons (Fsp3) is 0.154. The number of aryl methyl sites for hydroxylation is 1. The molecule has 5 rings (SSSR count). The van der Waals surface area contributed by atoms with Crippen LogP contribution in [0.15, 0.2) is 77.2 Å². The summed E-state index contributed by atoms with van der Waals surface area (Å²) in [5.41, 5.74) is 10.8. The zero-order valence-corrected chi connectivity index (χ0v) is 18.1. The van der Waals surface area contributed by atoms with Gasteiger partial charge in [-0.1, -0.05) is 42.0 Å². The van der Waals surface area contributed by atoms with Gasteiger partial charge in [0, 0.05) is 29.7 Å². The normalized spacial score (nSPS) is 15.2. The Balaban J connectivity index is 1.38. The van der Waals surface area contributed by atoms with Crippen LogP contribution in [0.3, 0.4) is 0 Å². The Morgan fingerprint density at radius 2 is 1.45 bits per heavy atom. The molecule has 3 aromatic carbocycles. The topological polar surface area (TPSA) is 102 Å². The first-order valence-corrected chi connectivity index (χ1v) is 10.7. The van der Waals surface area contributed by atoms with Crippen LogP contribution in [0.25, 0.3) is 22.9 Å². The van der Waals surface area contributed by atoms with Crippen molar-refractivity contribution in [3.05, 3.63) is 95.1 Å². The first-order chi connectivity index (χ1) is 16.0. The molecule has 4 aromatic rings. The summed E-state index contributed by atoms with van der Waals surface area (Å²) in [6, 6.07) is 21.9. The molecule has 0 bridgehead atoms. The number of primary amides is 1. The molecule has 2 heterocycles. The molecule has 164 valence electrons. The zero-order chi connectivity index (χ0) is 22.9. The molecule has 2 N–H and O–H groups in total. The van der Waals surface area contributed by atoms with Gasteiger partial charge >= 0.3 is 0 Å². The monoisotopic (exact) mass is 438 g/mol. The van der Waals surface area contributed by atoms with Crippen molar-refractivity contribution < 1.29 is 14.0 Å². The molecule has 7 nitrogen and oxygen atoms in total. The van der Waals surface area contributed by atoms with Gasteiger partial charge in [-0.2, -0.15) is 0 Å². The predicted molar refractivity (Wildman–Crippen MR) is 123 cm³/mol. The van der Waals surface area contributed by atoms with E-state index in [1.165, 1.54) is 0 Å². The molecule has 0 radical (unpaired) electrons. The molecule has 33 heavy (non-hydrogen) atoms. The molecular weight excluding hydrogens is 416 g/mol. The van der Waals surface area contributed by atoms with Gasteiger partial charge in [0.05, 0.1) is 0 Å². The van der Waals surface area contributed by atoms with Crippen molar-refractivity contribution in [2.75, 3.05) is 0 Å². The highest BCUT2D eigenvalue weighted by molar-refractivity contribution is 5.98. The SMILES string of the molecule is Cc1ccc(-c2nnc(-c3ccc(C(=O)N4Cc5ccccc5C[C@@H]4C(N)=O)cc3)o2)cc1. The number of aromatic nitrogens is 2. The van der Waals surface area contributed by atoms with Crippen LogP contribution in [0.2, 0.25) is 0 Å². The van der Waals surface area contributed by atoms with Crippen LogP contribution in [0.1, 0.15) is 27.0 Å². The second-order valence-corrected chi connectivity index (χ2v) is 8.18. The third kappa shape index (κ3) is 4.01. The first kappa shape index (κ1) is 20.6. The van der Waals surface area contributed by atoms with Crippen molar-refractivity contribution in [2.24, 2.45) is 5.73 Å². The Kier molecular flexibility index (Phi) is 5.22. The second kappa shape index (κ2) is 8.35. The number of benzene rings is 3. The van der Waals surface area contributed by atoms with Gasteiger partial charge in [-0.15, -0.1) is 10.2 Å². The van der Waals surface area contributed by atoms with E-state index in [1.54, 1.807) is 29.2 Å². The molecule has 1 aliphatic heterocycles. The standard InChI is InChI=1S/C26H22N4O3/c1-16-6-8-17(9-7-16)24-28-29-25(33-24)18-10-12-19(13-11-18)26(32)30-15-21-5-3-2-4-20(21)14-22(30)23(27)31/h2-13,22H,14-15H2,1H3,(H2,27,31)/t22-/m1/s1. The fourth-order valence-corrected chi connectivity index (χ4v) is 4.06. The van der Waals surface area contributed by atoms with E-state index >= 15 is 0 Å².